The summed E-state index contributed by atoms with van der Waals surface area (Å²) in [6.45, 7) is 30.1. The van der Waals surface area contributed by atoms with E-state index in [1.54, 1.807) is 22.7 Å². The molecule has 0 aliphatic heterocycles. The van der Waals surface area contributed by atoms with E-state index in [4.69, 9.17) is 10.1 Å². The normalized spacial score (nSPS) is 10.3. The number of fused-ring (bicyclic) bond motifs is 2. The van der Waals surface area contributed by atoms with Gasteiger partial charge in [-0.3, -0.25) is 9.59 Å². The Bertz CT molecular complexity index is 2080. The SMILES string of the molecule is CC.CC.Cc1ccc(Cn2c(C)c(C)c(=O)c3c(C)c(C)sc32)cc1.Cc1ccc(Cn2c(C)c(C)c(=O)c3c(C)c(C)sc32)cc1.OB=CO. The van der Waals surface area contributed by atoms with E-state index in [1.807, 2.05) is 41.5 Å². The molecule has 2 aromatic carbocycles. The van der Waals surface area contributed by atoms with E-state index in [0.717, 1.165) is 67.2 Å². The minimum absolute atomic E-state index is 0.189. The Hall–Kier alpha value is -4.21. The van der Waals surface area contributed by atoms with Crippen molar-refractivity contribution in [3.05, 3.63) is 135 Å². The topological polar surface area (TPSA) is 84.5 Å². The summed E-state index contributed by atoms with van der Waals surface area (Å²) in [5.41, 5.74) is 11.6. The van der Waals surface area contributed by atoms with Crippen LogP contribution >= 0.6 is 22.7 Å². The number of hydrogen-bond donors (Lipinski definition) is 2. The molecule has 0 amide bonds. The van der Waals surface area contributed by atoms with Gasteiger partial charge in [-0.2, -0.15) is 0 Å². The molecule has 0 aliphatic carbocycles. The van der Waals surface area contributed by atoms with Crippen molar-refractivity contribution in [1.29, 1.82) is 0 Å². The Morgan fingerprint density at radius 1 is 0.558 bits per heavy atom. The molecule has 0 radical (unpaired) electrons. The quantitative estimate of drug-likeness (QED) is 0.176. The zero-order valence-corrected chi connectivity index (χ0v) is 35.2. The van der Waals surface area contributed by atoms with E-state index in [9.17, 15) is 9.59 Å². The van der Waals surface area contributed by atoms with Gasteiger partial charge in [-0.25, -0.2) is 0 Å². The summed E-state index contributed by atoms with van der Waals surface area (Å²) in [5, 5.41) is 16.7. The molecule has 278 valence electrons. The third kappa shape index (κ3) is 9.81. The molecule has 0 saturated heterocycles. The summed E-state index contributed by atoms with van der Waals surface area (Å²) in [5.74, 6) is 0. The van der Waals surface area contributed by atoms with Crippen LogP contribution in [0.25, 0.3) is 20.4 Å². The van der Waals surface area contributed by atoms with Crippen molar-refractivity contribution in [2.24, 2.45) is 0 Å². The fourth-order valence-corrected chi connectivity index (χ4v) is 8.09. The number of hydrogen-bond acceptors (Lipinski definition) is 6. The fourth-order valence-electron chi connectivity index (χ4n) is 5.68. The van der Waals surface area contributed by atoms with Gasteiger partial charge in [0, 0.05) is 45.4 Å². The van der Waals surface area contributed by atoms with Gasteiger partial charge in [-0.1, -0.05) is 87.4 Å². The monoisotopic (exact) mass is 740 g/mol. The Labute approximate surface area is 319 Å². The predicted molar refractivity (Wildman–Crippen MR) is 229 cm³/mol. The average Bonchev–Trinajstić information content (AvgIpc) is 3.63. The van der Waals surface area contributed by atoms with Crippen molar-refractivity contribution in [1.82, 2.24) is 9.13 Å². The molecule has 0 bridgehead atoms. The number of benzene rings is 2. The number of aromatic nitrogens is 2. The zero-order chi connectivity index (χ0) is 39.4. The first-order valence-corrected chi connectivity index (χ1v) is 19.6. The van der Waals surface area contributed by atoms with Crippen molar-refractivity contribution in [2.75, 3.05) is 0 Å². The van der Waals surface area contributed by atoms with E-state index < -0.39 is 0 Å². The van der Waals surface area contributed by atoms with Crippen LogP contribution in [-0.2, 0) is 13.1 Å². The number of rotatable bonds is 4. The van der Waals surface area contributed by atoms with Gasteiger partial charge in [0.25, 0.3) is 0 Å². The van der Waals surface area contributed by atoms with Gasteiger partial charge in [0.15, 0.2) is 10.9 Å². The second-order valence-electron chi connectivity index (χ2n) is 12.4. The molecule has 0 fully saturated rings. The van der Waals surface area contributed by atoms with Crippen molar-refractivity contribution in [3.8, 4) is 0 Å². The summed E-state index contributed by atoms with van der Waals surface area (Å²) < 4.78 is 4.59. The van der Waals surface area contributed by atoms with Crippen LogP contribution in [0, 0.1) is 69.2 Å². The molecule has 2 N–H and O–H groups in total. The zero-order valence-electron chi connectivity index (χ0n) is 33.6. The molecule has 6 rings (SSSR count). The summed E-state index contributed by atoms with van der Waals surface area (Å²) in [6.07, 6.45) is 0.556. The number of aliphatic hydroxyl groups excluding tert-OH is 1. The third-order valence-electron chi connectivity index (χ3n) is 9.24. The van der Waals surface area contributed by atoms with Crippen LogP contribution < -0.4 is 10.9 Å². The maximum absolute atomic E-state index is 12.6. The molecule has 9 heteroatoms. The van der Waals surface area contributed by atoms with Crippen LogP contribution in [0.2, 0.25) is 0 Å². The first kappa shape index (κ1) is 44.0. The second-order valence-corrected chi connectivity index (χ2v) is 14.9. The summed E-state index contributed by atoms with van der Waals surface area (Å²) >= 11 is 3.46. The number of nitrogens with zero attached hydrogens (tertiary/aromatic N) is 2. The molecule has 0 saturated carbocycles. The minimum atomic E-state index is 0.189. The van der Waals surface area contributed by atoms with Crippen LogP contribution in [-0.4, -0.2) is 32.5 Å². The van der Waals surface area contributed by atoms with Crippen LogP contribution in [0.5, 0.6) is 0 Å². The molecule has 0 atom stereocenters. The number of pyridine rings is 2. The van der Waals surface area contributed by atoms with E-state index >= 15 is 0 Å². The van der Waals surface area contributed by atoms with Gasteiger partial charge in [0.1, 0.15) is 9.66 Å². The Balaban J connectivity index is 0.000000301. The van der Waals surface area contributed by atoms with Crippen LogP contribution in [0.1, 0.15) is 93.3 Å². The molecule has 0 unspecified atom stereocenters. The average molecular weight is 741 g/mol. The van der Waals surface area contributed by atoms with Gasteiger partial charge >= 0.3 is 23.4 Å². The molecule has 0 aliphatic rings. The molecule has 6 aromatic rings. The van der Waals surface area contributed by atoms with Gasteiger partial charge in [0.2, 0.25) is 0 Å². The van der Waals surface area contributed by atoms with Crippen molar-refractivity contribution in [2.45, 2.75) is 110 Å². The van der Waals surface area contributed by atoms with Crippen LogP contribution in [0.3, 0.4) is 0 Å². The van der Waals surface area contributed by atoms with Crippen molar-refractivity contribution < 1.29 is 10.1 Å². The van der Waals surface area contributed by atoms with Crippen molar-refractivity contribution in [3.63, 3.8) is 0 Å². The van der Waals surface area contributed by atoms with Crippen LogP contribution in [0.4, 0.5) is 0 Å². The number of thiophene rings is 2. The standard InChI is InChI=1S/2C19H21NOS.2C2H6.CH3BO2/c2*1-11-6-8-16(9-7-11)10-20-14(4)12(2)18(21)17-13(3)15(5)22-19(17)20;2*1-2;3-1-2-4/h2*6-9H,10H2,1-5H3;2*1-2H3;1,3-4H. The Kier molecular flexibility index (Phi) is 17.0. The number of aliphatic hydroxyl groups is 1. The molecule has 6 nitrogen and oxygen atoms in total. The molecule has 4 heterocycles. The third-order valence-corrected chi connectivity index (χ3v) is 11.7. The Morgan fingerprint density at radius 3 is 1.12 bits per heavy atom. The predicted octanol–water partition coefficient (Wildman–Crippen LogP) is 10.1. The van der Waals surface area contributed by atoms with Gasteiger partial charge in [-0.15, -0.1) is 22.7 Å². The van der Waals surface area contributed by atoms with E-state index in [2.05, 4.69) is 113 Å². The van der Waals surface area contributed by atoms with Gasteiger partial charge < -0.3 is 9.13 Å². The first-order valence-electron chi connectivity index (χ1n) is 18.0. The molecule has 4 aromatic heterocycles. The van der Waals surface area contributed by atoms with Crippen molar-refractivity contribution >= 4 is 56.4 Å². The molecular weight excluding hydrogens is 683 g/mol. The van der Waals surface area contributed by atoms with E-state index in [1.165, 1.54) is 32.0 Å². The maximum atomic E-state index is 12.6. The van der Waals surface area contributed by atoms with Crippen LogP contribution in [0.15, 0.2) is 58.1 Å². The van der Waals surface area contributed by atoms with E-state index in [0.29, 0.717) is 13.3 Å². The van der Waals surface area contributed by atoms with Gasteiger partial charge in [-0.05, 0) is 91.5 Å². The first-order chi connectivity index (χ1) is 24.7. The van der Waals surface area contributed by atoms with Gasteiger partial charge in [0.05, 0.1) is 10.8 Å². The van der Waals surface area contributed by atoms with E-state index in [-0.39, 0.29) is 10.9 Å². The molecule has 52 heavy (non-hydrogen) atoms. The summed E-state index contributed by atoms with van der Waals surface area (Å²) in [6, 6.07) is 17.2. The molecular formula is C43H57BN2O4S2. The summed E-state index contributed by atoms with van der Waals surface area (Å²) in [7, 11) is 0.556. The molecule has 0 spiro atoms. The fraction of sp³-hybridized carbons (Fsp3) is 0.372. The number of aryl methyl sites for hydroxylation is 6. The second kappa shape index (κ2) is 20.1. The Morgan fingerprint density at radius 2 is 0.846 bits per heavy atom. The summed E-state index contributed by atoms with van der Waals surface area (Å²) in [4.78, 5) is 29.9.